The second-order valence-corrected chi connectivity index (χ2v) is 1.93. The molecular formula is C6H6N4. The molecule has 0 fully saturated rings. The van der Waals surface area contributed by atoms with E-state index < -0.39 is 0 Å². The maximum absolute atomic E-state index is 4.10. The van der Waals surface area contributed by atoms with Gasteiger partial charge in [0.2, 0.25) is 0 Å². The molecular weight excluding hydrogens is 128 g/mol. The van der Waals surface area contributed by atoms with Gasteiger partial charge >= 0.3 is 0 Å². The van der Waals surface area contributed by atoms with Gasteiger partial charge in [0.25, 0.3) is 0 Å². The number of aliphatic imine (C=N–C) groups is 2. The van der Waals surface area contributed by atoms with Gasteiger partial charge in [-0.15, -0.1) is 0 Å². The van der Waals surface area contributed by atoms with E-state index in [2.05, 4.69) is 15.1 Å². The highest BCUT2D eigenvalue weighted by Crippen LogP contribution is 2.08. The van der Waals surface area contributed by atoms with Crippen molar-refractivity contribution in [3.05, 3.63) is 12.3 Å². The second kappa shape index (κ2) is 2.06. The van der Waals surface area contributed by atoms with Gasteiger partial charge in [-0.25, -0.2) is 9.67 Å². The molecule has 4 heteroatoms. The van der Waals surface area contributed by atoms with E-state index in [9.17, 15) is 0 Å². The van der Waals surface area contributed by atoms with Crippen molar-refractivity contribution in [3.63, 3.8) is 0 Å². The Bertz CT molecular complexity index is 257. The summed E-state index contributed by atoms with van der Waals surface area (Å²) in [5, 5.41) is 3.97. The van der Waals surface area contributed by atoms with Crippen LogP contribution in [0.15, 0.2) is 22.2 Å². The Morgan fingerprint density at radius 3 is 3.50 bits per heavy atom. The maximum Gasteiger partial charge on any atom is 0.156 e. The summed E-state index contributed by atoms with van der Waals surface area (Å²) in [4.78, 5) is 8.11. The first-order valence-electron chi connectivity index (χ1n) is 3.03. The first-order valence-corrected chi connectivity index (χ1v) is 3.03. The molecule has 0 spiro atoms. The fourth-order valence-corrected chi connectivity index (χ4v) is 0.804. The Morgan fingerprint density at radius 2 is 2.50 bits per heavy atom. The Labute approximate surface area is 57.9 Å². The van der Waals surface area contributed by atoms with E-state index in [-0.39, 0.29) is 0 Å². The lowest BCUT2D eigenvalue weighted by Gasteiger charge is -1.88. The van der Waals surface area contributed by atoms with E-state index in [1.54, 1.807) is 23.4 Å². The lowest BCUT2D eigenvalue weighted by molar-refractivity contribution is 0.955. The van der Waals surface area contributed by atoms with Crippen molar-refractivity contribution in [1.82, 2.24) is 9.78 Å². The molecule has 0 bridgehead atoms. The van der Waals surface area contributed by atoms with Crippen LogP contribution in [0.5, 0.6) is 0 Å². The van der Waals surface area contributed by atoms with Crippen LogP contribution in [0.4, 0.5) is 5.82 Å². The highest BCUT2D eigenvalue weighted by Gasteiger charge is 1.97. The molecule has 1 aliphatic rings. The predicted octanol–water partition coefficient (Wildman–Crippen LogP) is 0.475. The van der Waals surface area contributed by atoms with Gasteiger partial charge in [0.15, 0.2) is 5.82 Å². The highest BCUT2D eigenvalue weighted by atomic mass is 15.3. The quantitative estimate of drug-likeness (QED) is 0.508. The fourth-order valence-electron chi connectivity index (χ4n) is 0.804. The van der Waals surface area contributed by atoms with E-state index in [4.69, 9.17) is 0 Å². The molecule has 0 unspecified atom stereocenters. The highest BCUT2D eigenvalue weighted by molar-refractivity contribution is 5.73. The number of fused-ring (bicyclic) bond motifs is 1. The molecule has 0 N–H and O–H groups in total. The molecule has 0 saturated heterocycles. The van der Waals surface area contributed by atoms with Crippen molar-refractivity contribution in [2.45, 2.75) is 0 Å². The molecule has 50 valence electrons. The first kappa shape index (κ1) is 5.34. The molecule has 1 aliphatic heterocycles. The number of nitrogens with zero attached hydrogens (tertiary/aromatic N) is 4. The van der Waals surface area contributed by atoms with Gasteiger partial charge in [-0.05, 0) is 0 Å². The molecule has 0 atom stereocenters. The minimum Gasteiger partial charge on any atom is -0.268 e. The molecule has 1 aromatic heterocycles. The molecule has 0 aliphatic carbocycles. The fraction of sp³-hybridized carbons (Fsp3) is 0.167. The summed E-state index contributed by atoms with van der Waals surface area (Å²) in [6.07, 6.45) is 5.13. The summed E-state index contributed by atoms with van der Waals surface area (Å²) in [5.41, 5.74) is 0. The summed E-state index contributed by atoms with van der Waals surface area (Å²) in [5.74, 6) is 0.834. The zero-order chi connectivity index (χ0) is 6.81. The summed E-state index contributed by atoms with van der Waals surface area (Å²) in [6.45, 7) is 0.642. The van der Waals surface area contributed by atoms with Crippen molar-refractivity contribution < 1.29 is 0 Å². The Kier molecular flexibility index (Phi) is 1.10. The monoisotopic (exact) mass is 134 g/mol. The third-order valence-corrected chi connectivity index (χ3v) is 1.25. The van der Waals surface area contributed by atoms with Crippen LogP contribution in [0.1, 0.15) is 0 Å². The summed E-state index contributed by atoms with van der Waals surface area (Å²) >= 11 is 0. The Morgan fingerprint density at radius 1 is 1.50 bits per heavy atom. The maximum atomic E-state index is 4.10. The zero-order valence-electron chi connectivity index (χ0n) is 5.31. The van der Waals surface area contributed by atoms with E-state index in [1.807, 2.05) is 6.07 Å². The molecule has 10 heavy (non-hydrogen) atoms. The predicted molar refractivity (Wildman–Crippen MR) is 39.1 cm³/mol. The minimum atomic E-state index is 0.642. The lowest BCUT2D eigenvalue weighted by atomic mass is 10.6. The van der Waals surface area contributed by atoms with Crippen LogP contribution in [-0.2, 0) is 0 Å². The van der Waals surface area contributed by atoms with Crippen LogP contribution < -0.4 is 0 Å². The van der Waals surface area contributed by atoms with Gasteiger partial charge in [-0.2, -0.15) is 5.10 Å². The third-order valence-electron chi connectivity index (χ3n) is 1.25. The van der Waals surface area contributed by atoms with Gasteiger partial charge in [-0.3, -0.25) is 4.99 Å². The molecule has 2 rings (SSSR count). The van der Waals surface area contributed by atoms with E-state index in [0.717, 1.165) is 5.82 Å². The largest absolute Gasteiger partial charge is 0.268 e. The van der Waals surface area contributed by atoms with E-state index in [1.165, 1.54) is 0 Å². The molecule has 2 heterocycles. The first-order chi connectivity index (χ1) is 4.97. The topological polar surface area (TPSA) is 42.5 Å². The molecule has 0 saturated carbocycles. The van der Waals surface area contributed by atoms with Crippen LogP contribution in [0.2, 0.25) is 0 Å². The van der Waals surface area contributed by atoms with Crippen molar-refractivity contribution in [1.29, 1.82) is 0 Å². The number of aromatic nitrogens is 2. The SMILES string of the molecule is C1=NCC=Nc2ccnn21. The summed E-state index contributed by atoms with van der Waals surface area (Å²) in [6, 6.07) is 1.84. The zero-order valence-corrected chi connectivity index (χ0v) is 5.31. The van der Waals surface area contributed by atoms with Crippen LogP contribution in [0.3, 0.4) is 0 Å². The van der Waals surface area contributed by atoms with Crippen molar-refractivity contribution in [2.24, 2.45) is 9.98 Å². The van der Waals surface area contributed by atoms with Gasteiger partial charge in [-0.1, -0.05) is 0 Å². The lowest BCUT2D eigenvalue weighted by Crippen LogP contribution is -1.94. The second-order valence-electron chi connectivity index (χ2n) is 1.93. The van der Waals surface area contributed by atoms with Crippen LogP contribution >= 0.6 is 0 Å². The van der Waals surface area contributed by atoms with Gasteiger partial charge in [0.1, 0.15) is 6.34 Å². The minimum absolute atomic E-state index is 0.642. The van der Waals surface area contributed by atoms with Crippen molar-refractivity contribution in [3.8, 4) is 0 Å². The Hall–Kier alpha value is -1.45. The smallest absolute Gasteiger partial charge is 0.156 e. The van der Waals surface area contributed by atoms with E-state index in [0.29, 0.717) is 6.54 Å². The standard InChI is InChI=1S/C6H6N4/c1-2-9-10-5-7-3-4-8-6(1)10/h1-2,4-5H,3H2. The van der Waals surface area contributed by atoms with Crippen LogP contribution in [0.25, 0.3) is 0 Å². The molecule has 0 aromatic carbocycles. The van der Waals surface area contributed by atoms with Gasteiger partial charge in [0.05, 0.1) is 12.7 Å². The number of rotatable bonds is 0. The van der Waals surface area contributed by atoms with Gasteiger partial charge < -0.3 is 0 Å². The third kappa shape index (κ3) is 0.737. The normalized spacial score (nSPS) is 14.8. The van der Waals surface area contributed by atoms with Crippen LogP contribution in [-0.4, -0.2) is 28.9 Å². The summed E-state index contributed by atoms with van der Waals surface area (Å²) < 4.78 is 1.64. The van der Waals surface area contributed by atoms with Crippen molar-refractivity contribution >= 4 is 18.4 Å². The molecule has 1 aromatic rings. The molecule has 0 radical (unpaired) electrons. The van der Waals surface area contributed by atoms with Crippen molar-refractivity contribution in [2.75, 3.05) is 6.54 Å². The number of hydrogen-bond donors (Lipinski definition) is 0. The average Bonchev–Trinajstić information content (AvgIpc) is 2.28. The molecule has 0 amide bonds. The molecule has 4 nitrogen and oxygen atoms in total. The number of hydrogen-bond acceptors (Lipinski definition) is 3. The van der Waals surface area contributed by atoms with Crippen LogP contribution in [0, 0.1) is 0 Å². The average molecular weight is 134 g/mol. The van der Waals surface area contributed by atoms with E-state index >= 15 is 0 Å². The summed E-state index contributed by atoms with van der Waals surface area (Å²) in [7, 11) is 0. The Balaban J connectivity index is 2.56. The van der Waals surface area contributed by atoms with Gasteiger partial charge in [0, 0.05) is 12.3 Å².